The number of ether oxygens (including phenoxy) is 1. The number of carbonyl (C=O) groups excluding carboxylic acids is 1. The molecule has 0 saturated carbocycles. The number of hydrogen-bond acceptors (Lipinski definition) is 5. The second-order valence-electron chi connectivity index (χ2n) is 7.88. The van der Waals surface area contributed by atoms with Crippen LogP contribution in [-0.2, 0) is 23.1 Å². The van der Waals surface area contributed by atoms with Crippen LogP contribution in [0, 0.1) is 17.5 Å². The van der Waals surface area contributed by atoms with E-state index in [9.17, 15) is 39.6 Å². The van der Waals surface area contributed by atoms with Crippen LogP contribution in [0.15, 0.2) is 35.4 Å². The van der Waals surface area contributed by atoms with Crippen molar-refractivity contribution in [2.45, 2.75) is 24.2 Å². The number of benzene rings is 2. The molecule has 1 aliphatic heterocycles. The van der Waals surface area contributed by atoms with E-state index in [-0.39, 0.29) is 27.9 Å². The van der Waals surface area contributed by atoms with Gasteiger partial charge in [-0.25, -0.2) is 31.5 Å². The summed E-state index contributed by atoms with van der Waals surface area (Å²) in [6, 6.07) is 1.81. The summed E-state index contributed by atoms with van der Waals surface area (Å²) in [5, 5.41) is 4.94. The van der Waals surface area contributed by atoms with Crippen molar-refractivity contribution in [1.82, 2.24) is 9.88 Å². The molecular weight excluding hydrogens is 518 g/mol. The molecule has 0 aliphatic carbocycles. The number of alkyl halides is 3. The van der Waals surface area contributed by atoms with Crippen LogP contribution in [0.4, 0.5) is 36.8 Å². The summed E-state index contributed by atoms with van der Waals surface area (Å²) in [7, 11) is -3.25. The number of halogens is 6. The van der Waals surface area contributed by atoms with Crippen molar-refractivity contribution < 1.29 is 44.3 Å². The Morgan fingerprint density at radius 2 is 1.72 bits per heavy atom. The first-order valence-electron chi connectivity index (χ1n) is 9.98. The maximum atomic E-state index is 14.6. The van der Waals surface area contributed by atoms with Gasteiger partial charge in [0.2, 0.25) is 10.0 Å². The van der Waals surface area contributed by atoms with E-state index < -0.39 is 69.8 Å². The Bertz CT molecular complexity index is 1470. The molecule has 0 atom stereocenters. The first-order valence-corrected chi connectivity index (χ1v) is 11.5. The molecule has 4 rings (SSSR count). The number of anilines is 1. The average Bonchev–Trinajstić information content (AvgIpc) is 2.76. The molecule has 3 aromatic rings. The summed E-state index contributed by atoms with van der Waals surface area (Å²) in [5.41, 5.74) is -0.843. The third-order valence-electron chi connectivity index (χ3n) is 5.50. The molecule has 15 heteroatoms. The maximum absolute atomic E-state index is 14.6. The molecule has 1 aromatic heterocycles. The normalized spacial score (nSPS) is 14.4. The van der Waals surface area contributed by atoms with Crippen LogP contribution in [0.3, 0.4) is 0 Å². The molecule has 0 saturated heterocycles. The second-order valence-corrected chi connectivity index (χ2v) is 9.44. The summed E-state index contributed by atoms with van der Waals surface area (Å²) >= 11 is 0. The average molecular weight is 534 g/mol. The van der Waals surface area contributed by atoms with Crippen molar-refractivity contribution in [3.05, 3.63) is 59.0 Å². The highest BCUT2D eigenvalue weighted by Crippen LogP contribution is 2.37. The van der Waals surface area contributed by atoms with Gasteiger partial charge in [-0.1, -0.05) is 0 Å². The predicted molar refractivity (Wildman–Crippen MR) is 114 cm³/mol. The molecule has 0 fully saturated rings. The smallest absolute Gasteiger partial charge is 0.406 e. The molecule has 2 N–H and O–H groups in total. The van der Waals surface area contributed by atoms with Crippen LogP contribution in [0.5, 0.6) is 5.75 Å². The first kappa shape index (κ1) is 25.5. The third-order valence-corrected chi connectivity index (χ3v) is 6.39. The lowest BCUT2D eigenvalue weighted by molar-refractivity contribution is -0.119. The van der Waals surface area contributed by atoms with Gasteiger partial charge < -0.3 is 9.64 Å². The molecule has 192 valence electrons. The van der Waals surface area contributed by atoms with Crippen LogP contribution in [0.1, 0.15) is 11.1 Å². The van der Waals surface area contributed by atoms with E-state index in [1.165, 1.54) is 13.2 Å². The molecule has 8 nitrogen and oxygen atoms in total. The van der Waals surface area contributed by atoms with Crippen LogP contribution in [0.25, 0.3) is 10.9 Å². The quantitative estimate of drug-likeness (QED) is 0.502. The van der Waals surface area contributed by atoms with Crippen LogP contribution in [-0.4, -0.2) is 44.2 Å². The zero-order chi connectivity index (χ0) is 26.6. The first-order chi connectivity index (χ1) is 16.7. The largest absolute Gasteiger partial charge is 0.494 e. The number of nitrogens with zero attached hydrogens (tertiary/aromatic N) is 3. The molecule has 2 heterocycles. The van der Waals surface area contributed by atoms with Crippen molar-refractivity contribution in [2.75, 3.05) is 18.6 Å². The molecule has 1 aliphatic rings. The van der Waals surface area contributed by atoms with Gasteiger partial charge in [0.15, 0.2) is 11.6 Å². The molecule has 0 unspecified atom stereocenters. The summed E-state index contributed by atoms with van der Waals surface area (Å²) in [6.45, 7) is -3.07. The van der Waals surface area contributed by atoms with E-state index in [4.69, 9.17) is 9.88 Å². The van der Waals surface area contributed by atoms with E-state index in [1.807, 2.05) is 0 Å². The SMILES string of the molecule is COc1cc2ncc3c(c2cc1F)CN(Cc1c(F)cc(S(N)(=O)=O)cc1F)C(=O)N3CC(F)(F)F. The lowest BCUT2D eigenvalue weighted by atomic mass is 10.0. The summed E-state index contributed by atoms with van der Waals surface area (Å²) in [5.74, 6) is -3.78. The molecule has 2 amide bonds. The molecular formula is C21H16F6N4O4S. The van der Waals surface area contributed by atoms with Crippen molar-refractivity contribution >= 4 is 32.6 Å². The number of primary sulfonamides is 1. The highest BCUT2D eigenvalue weighted by atomic mass is 32.2. The lowest BCUT2D eigenvalue weighted by Gasteiger charge is -2.37. The molecule has 0 spiro atoms. The number of carbonyl (C=O) groups is 1. The van der Waals surface area contributed by atoms with E-state index in [0.717, 1.165) is 12.3 Å². The maximum Gasteiger partial charge on any atom is 0.406 e. The number of rotatable bonds is 5. The minimum atomic E-state index is -4.86. The van der Waals surface area contributed by atoms with Gasteiger partial charge in [-0.15, -0.1) is 0 Å². The third kappa shape index (κ3) is 4.75. The number of nitrogens with two attached hydrogens (primary N) is 1. The van der Waals surface area contributed by atoms with E-state index in [1.54, 1.807) is 0 Å². The predicted octanol–water partition coefficient (Wildman–Crippen LogP) is 3.81. The van der Waals surface area contributed by atoms with Crippen LogP contribution < -0.4 is 14.8 Å². The van der Waals surface area contributed by atoms with Gasteiger partial charge in [0.1, 0.15) is 18.2 Å². The van der Waals surface area contributed by atoms with Gasteiger partial charge in [-0.05, 0) is 18.2 Å². The molecule has 0 radical (unpaired) electrons. The highest BCUT2D eigenvalue weighted by Gasteiger charge is 2.40. The van der Waals surface area contributed by atoms with E-state index >= 15 is 0 Å². The molecule has 0 bridgehead atoms. The Morgan fingerprint density at radius 1 is 1.08 bits per heavy atom. The van der Waals surface area contributed by atoms with Crippen LogP contribution >= 0.6 is 0 Å². The van der Waals surface area contributed by atoms with Crippen molar-refractivity contribution in [2.24, 2.45) is 5.14 Å². The zero-order valence-corrected chi connectivity index (χ0v) is 19.1. The number of aromatic nitrogens is 1. The number of methoxy groups -OCH3 is 1. The number of hydrogen-bond donors (Lipinski definition) is 1. The fourth-order valence-electron chi connectivity index (χ4n) is 3.87. The van der Waals surface area contributed by atoms with Gasteiger partial charge >= 0.3 is 12.2 Å². The molecule has 36 heavy (non-hydrogen) atoms. The number of pyridine rings is 1. The fourth-order valence-corrected chi connectivity index (χ4v) is 4.40. The minimum absolute atomic E-state index is 0.0485. The van der Waals surface area contributed by atoms with Gasteiger partial charge in [0.05, 0.1) is 42.5 Å². The zero-order valence-electron chi connectivity index (χ0n) is 18.2. The Hall–Kier alpha value is -3.59. The Morgan fingerprint density at radius 3 is 2.28 bits per heavy atom. The second kappa shape index (κ2) is 8.81. The summed E-state index contributed by atoms with van der Waals surface area (Å²) in [6.07, 6.45) is -3.85. The number of fused-ring (bicyclic) bond motifs is 3. The number of urea groups is 1. The van der Waals surface area contributed by atoms with Crippen LogP contribution in [0.2, 0.25) is 0 Å². The number of sulfonamides is 1. The van der Waals surface area contributed by atoms with E-state index in [2.05, 4.69) is 4.98 Å². The minimum Gasteiger partial charge on any atom is -0.494 e. The highest BCUT2D eigenvalue weighted by molar-refractivity contribution is 7.89. The van der Waals surface area contributed by atoms with Crippen molar-refractivity contribution in [1.29, 1.82) is 0 Å². The topological polar surface area (TPSA) is 106 Å². The monoisotopic (exact) mass is 534 g/mol. The van der Waals surface area contributed by atoms with Gasteiger partial charge in [0.25, 0.3) is 0 Å². The molecule has 2 aromatic carbocycles. The van der Waals surface area contributed by atoms with Gasteiger partial charge in [0, 0.05) is 22.6 Å². The van der Waals surface area contributed by atoms with Gasteiger partial charge in [-0.2, -0.15) is 13.2 Å². The standard InChI is InChI=1S/C21H16F6N4O4S/c1-35-19-5-17-11(4-16(19)24)12-7-30(20(32)31(9-21(25,26)27)18(12)6-29-17)8-13-14(22)2-10(3-15(13)23)36(28,33)34/h2-6H,7-9H2,1H3,(H2,28,33,34). The Kier molecular flexibility index (Phi) is 6.24. The summed E-state index contributed by atoms with van der Waals surface area (Å²) in [4.78, 5) is 17.2. The lowest BCUT2D eigenvalue weighted by Crippen LogP contribution is -2.50. The van der Waals surface area contributed by atoms with Gasteiger partial charge in [-0.3, -0.25) is 9.88 Å². The Balaban J connectivity index is 1.84. The van der Waals surface area contributed by atoms with Crippen molar-refractivity contribution in [3.8, 4) is 5.75 Å². The van der Waals surface area contributed by atoms with E-state index in [0.29, 0.717) is 21.9 Å². The fraction of sp³-hybridized carbons (Fsp3) is 0.238. The summed E-state index contributed by atoms with van der Waals surface area (Å²) < 4.78 is 111. The number of amides is 2. The van der Waals surface area contributed by atoms with Crippen molar-refractivity contribution in [3.63, 3.8) is 0 Å². The Labute approximate surface area is 199 Å².